The zero-order chi connectivity index (χ0) is 12.8. The summed E-state index contributed by atoms with van der Waals surface area (Å²) >= 11 is 0. The molecule has 5 heteroatoms. The van der Waals surface area contributed by atoms with Gasteiger partial charge in [0.05, 0.1) is 17.9 Å². The smallest absolute Gasteiger partial charge is 0.319 e. The standard InChI is InChI=1S/C13H14N4O/c1-10(11-4-7-14-8-5-11)16-13(18)17-12-3-2-6-15-9-12/h2-10H,1H3,(H2,16,17,18). The van der Waals surface area contributed by atoms with E-state index >= 15 is 0 Å². The van der Waals surface area contributed by atoms with Crippen LogP contribution < -0.4 is 10.6 Å². The number of nitrogens with one attached hydrogen (secondary N) is 2. The van der Waals surface area contributed by atoms with Crippen LogP contribution in [-0.4, -0.2) is 16.0 Å². The van der Waals surface area contributed by atoms with Gasteiger partial charge in [0.1, 0.15) is 0 Å². The Hall–Kier alpha value is -2.43. The van der Waals surface area contributed by atoms with Gasteiger partial charge in [0.2, 0.25) is 0 Å². The van der Waals surface area contributed by atoms with Crippen LogP contribution in [0.5, 0.6) is 0 Å². The van der Waals surface area contributed by atoms with E-state index in [0.717, 1.165) is 5.56 Å². The van der Waals surface area contributed by atoms with Gasteiger partial charge in [-0.3, -0.25) is 9.97 Å². The summed E-state index contributed by atoms with van der Waals surface area (Å²) in [5, 5.41) is 5.55. The average Bonchev–Trinajstić information content (AvgIpc) is 2.40. The number of carbonyl (C=O) groups excluding carboxylic acids is 1. The second-order valence-electron chi connectivity index (χ2n) is 3.84. The lowest BCUT2D eigenvalue weighted by Gasteiger charge is -2.14. The molecule has 2 heterocycles. The van der Waals surface area contributed by atoms with Crippen molar-refractivity contribution in [1.82, 2.24) is 15.3 Å². The van der Waals surface area contributed by atoms with E-state index in [1.54, 1.807) is 36.9 Å². The zero-order valence-corrected chi connectivity index (χ0v) is 10.00. The van der Waals surface area contributed by atoms with Crippen LogP contribution in [0.2, 0.25) is 0 Å². The van der Waals surface area contributed by atoms with Crippen molar-refractivity contribution < 1.29 is 4.79 Å². The van der Waals surface area contributed by atoms with E-state index in [-0.39, 0.29) is 12.1 Å². The van der Waals surface area contributed by atoms with Gasteiger partial charge in [-0.15, -0.1) is 0 Å². The summed E-state index contributed by atoms with van der Waals surface area (Å²) in [6.07, 6.45) is 6.65. The number of carbonyl (C=O) groups is 1. The first-order valence-corrected chi connectivity index (χ1v) is 5.63. The highest BCUT2D eigenvalue weighted by Crippen LogP contribution is 2.10. The van der Waals surface area contributed by atoms with Crippen molar-refractivity contribution in [3.8, 4) is 0 Å². The summed E-state index contributed by atoms with van der Waals surface area (Å²) in [5.41, 5.74) is 1.67. The molecule has 0 aromatic carbocycles. The summed E-state index contributed by atoms with van der Waals surface area (Å²) < 4.78 is 0. The third-order valence-corrected chi connectivity index (χ3v) is 2.47. The number of hydrogen-bond acceptors (Lipinski definition) is 3. The number of rotatable bonds is 3. The van der Waals surface area contributed by atoms with Crippen LogP contribution in [0.15, 0.2) is 49.1 Å². The van der Waals surface area contributed by atoms with E-state index in [1.807, 2.05) is 19.1 Å². The van der Waals surface area contributed by atoms with E-state index in [0.29, 0.717) is 5.69 Å². The molecule has 0 fully saturated rings. The molecule has 0 spiro atoms. The van der Waals surface area contributed by atoms with E-state index < -0.39 is 0 Å². The Morgan fingerprint density at radius 2 is 1.94 bits per heavy atom. The number of aromatic nitrogens is 2. The van der Waals surface area contributed by atoms with Gasteiger partial charge < -0.3 is 10.6 Å². The van der Waals surface area contributed by atoms with E-state index in [4.69, 9.17) is 0 Å². The van der Waals surface area contributed by atoms with Gasteiger partial charge in [0, 0.05) is 18.6 Å². The molecule has 0 aliphatic rings. The monoisotopic (exact) mass is 242 g/mol. The molecule has 92 valence electrons. The third-order valence-electron chi connectivity index (χ3n) is 2.47. The van der Waals surface area contributed by atoms with Crippen LogP contribution >= 0.6 is 0 Å². The topological polar surface area (TPSA) is 66.9 Å². The zero-order valence-electron chi connectivity index (χ0n) is 10.00. The van der Waals surface area contributed by atoms with Crippen molar-refractivity contribution in [3.05, 3.63) is 54.6 Å². The lowest BCUT2D eigenvalue weighted by atomic mass is 10.1. The predicted octanol–water partition coefficient (Wildman–Crippen LogP) is 2.36. The molecule has 5 nitrogen and oxygen atoms in total. The maximum atomic E-state index is 11.7. The number of nitrogens with zero attached hydrogens (tertiary/aromatic N) is 2. The van der Waals surface area contributed by atoms with Crippen LogP contribution in [0, 0.1) is 0 Å². The number of anilines is 1. The van der Waals surface area contributed by atoms with Crippen LogP contribution in [-0.2, 0) is 0 Å². The molecule has 0 saturated heterocycles. The normalized spacial score (nSPS) is 11.6. The molecule has 2 N–H and O–H groups in total. The maximum absolute atomic E-state index is 11.7. The summed E-state index contributed by atoms with van der Waals surface area (Å²) in [6.45, 7) is 1.91. The molecule has 1 atom stereocenters. The summed E-state index contributed by atoms with van der Waals surface area (Å²) in [7, 11) is 0. The number of hydrogen-bond donors (Lipinski definition) is 2. The average molecular weight is 242 g/mol. The van der Waals surface area contributed by atoms with Crippen molar-refractivity contribution >= 4 is 11.7 Å². The predicted molar refractivity (Wildman–Crippen MR) is 69.0 cm³/mol. The fourth-order valence-corrected chi connectivity index (χ4v) is 1.54. The van der Waals surface area contributed by atoms with Crippen LogP contribution in [0.4, 0.5) is 10.5 Å². The molecule has 0 aliphatic heterocycles. The van der Waals surface area contributed by atoms with Gasteiger partial charge in [0.15, 0.2) is 0 Å². The fourth-order valence-electron chi connectivity index (χ4n) is 1.54. The Morgan fingerprint density at radius 1 is 1.17 bits per heavy atom. The second kappa shape index (κ2) is 5.77. The van der Waals surface area contributed by atoms with Crippen molar-refractivity contribution in [2.75, 3.05) is 5.32 Å². The Kier molecular flexibility index (Phi) is 3.86. The van der Waals surface area contributed by atoms with Crippen molar-refractivity contribution in [2.45, 2.75) is 13.0 Å². The van der Waals surface area contributed by atoms with Gasteiger partial charge >= 0.3 is 6.03 Å². The number of urea groups is 1. The highest BCUT2D eigenvalue weighted by molar-refractivity contribution is 5.89. The van der Waals surface area contributed by atoms with Gasteiger partial charge in [-0.1, -0.05) is 0 Å². The lowest BCUT2D eigenvalue weighted by molar-refractivity contribution is 0.249. The minimum Gasteiger partial charge on any atom is -0.331 e. The summed E-state index contributed by atoms with van der Waals surface area (Å²) in [6, 6.07) is 6.95. The van der Waals surface area contributed by atoms with Crippen LogP contribution in [0.3, 0.4) is 0 Å². The van der Waals surface area contributed by atoms with Crippen molar-refractivity contribution in [2.24, 2.45) is 0 Å². The molecule has 2 rings (SSSR count). The third kappa shape index (κ3) is 3.28. The molecule has 0 radical (unpaired) electrons. The van der Waals surface area contributed by atoms with E-state index in [2.05, 4.69) is 20.6 Å². The molecule has 1 unspecified atom stereocenters. The van der Waals surface area contributed by atoms with Crippen molar-refractivity contribution in [1.29, 1.82) is 0 Å². The first-order chi connectivity index (χ1) is 8.75. The first-order valence-electron chi connectivity index (χ1n) is 5.63. The SMILES string of the molecule is CC(NC(=O)Nc1cccnc1)c1ccncc1. The molecule has 18 heavy (non-hydrogen) atoms. The Labute approximate surface area is 105 Å². The van der Waals surface area contributed by atoms with E-state index in [9.17, 15) is 4.79 Å². The first kappa shape index (κ1) is 12.0. The van der Waals surface area contributed by atoms with Crippen molar-refractivity contribution in [3.63, 3.8) is 0 Å². The maximum Gasteiger partial charge on any atom is 0.319 e. The molecule has 2 aromatic rings. The number of pyridine rings is 2. The molecular weight excluding hydrogens is 228 g/mol. The molecule has 0 aliphatic carbocycles. The van der Waals surface area contributed by atoms with Gasteiger partial charge in [0.25, 0.3) is 0 Å². The van der Waals surface area contributed by atoms with Crippen LogP contribution in [0.25, 0.3) is 0 Å². The van der Waals surface area contributed by atoms with Gasteiger partial charge in [-0.05, 0) is 36.8 Å². The Balaban J connectivity index is 1.92. The molecule has 2 amide bonds. The summed E-state index contributed by atoms with van der Waals surface area (Å²) in [4.78, 5) is 19.6. The van der Waals surface area contributed by atoms with Crippen LogP contribution in [0.1, 0.15) is 18.5 Å². The summed E-state index contributed by atoms with van der Waals surface area (Å²) in [5.74, 6) is 0. The molecule has 0 saturated carbocycles. The largest absolute Gasteiger partial charge is 0.331 e. The molecule has 2 aromatic heterocycles. The highest BCUT2D eigenvalue weighted by atomic mass is 16.2. The Bertz CT molecular complexity index is 501. The van der Waals surface area contributed by atoms with Gasteiger partial charge in [-0.2, -0.15) is 0 Å². The fraction of sp³-hybridized carbons (Fsp3) is 0.154. The Morgan fingerprint density at radius 3 is 2.61 bits per heavy atom. The minimum absolute atomic E-state index is 0.0790. The van der Waals surface area contributed by atoms with Gasteiger partial charge in [-0.25, -0.2) is 4.79 Å². The van der Waals surface area contributed by atoms with E-state index in [1.165, 1.54) is 0 Å². The lowest BCUT2D eigenvalue weighted by Crippen LogP contribution is -2.31. The molecular formula is C13H14N4O. The number of amides is 2. The highest BCUT2D eigenvalue weighted by Gasteiger charge is 2.08. The quantitative estimate of drug-likeness (QED) is 0.868. The minimum atomic E-state index is -0.257. The second-order valence-corrected chi connectivity index (χ2v) is 3.84. The molecule has 0 bridgehead atoms.